The summed E-state index contributed by atoms with van der Waals surface area (Å²) in [7, 11) is 0. The van der Waals surface area contributed by atoms with E-state index in [0.717, 1.165) is 97.7 Å². The lowest BCUT2D eigenvalue weighted by molar-refractivity contribution is 0.0903. The van der Waals surface area contributed by atoms with E-state index in [9.17, 15) is 0 Å². The Hall–Kier alpha value is -2.74. The van der Waals surface area contributed by atoms with Crippen LogP contribution < -0.4 is 10.2 Å². The normalized spacial score (nSPS) is 19.5. The number of hydrogen-bond acceptors (Lipinski definition) is 7. The van der Waals surface area contributed by atoms with E-state index in [-0.39, 0.29) is 0 Å². The number of fused-ring (bicyclic) bond motifs is 2. The molecular formula is C24H31N7O. The van der Waals surface area contributed by atoms with Gasteiger partial charge in [0.15, 0.2) is 5.65 Å². The van der Waals surface area contributed by atoms with Crippen LogP contribution in [0.5, 0.6) is 0 Å². The van der Waals surface area contributed by atoms with Gasteiger partial charge in [0.05, 0.1) is 17.1 Å². The highest BCUT2D eigenvalue weighted by Gasteiger charge is 2.22. The summed E-state index contributed by atoms with van der Waals surface area (Å²) < 4.78 is 7.50. The van der Waals surface area contributed by atoms with E-state index >= 15 is 0 Å². The summed E-state index contributed by atoms with van der Waals surface area (Å²) >= 11 is 0. The van der Waals surface area contributed by atoms with Crippen molar-refractivity contribution in [2.75, 3.05) is 36.5 Å². The van der Waals surface area contributed by atoms with Crippen molar-refractivity contribution in [2.45, 2.75) is 64.3 Å². The lowest BCUT2D eigenvalue weighted by Crippen LogP contribution is -2.29. The van der Waals surface area contributed by atoms with Crippen LogP contribution in [0, 0.1) is 6.92 Å². The number of anilines is 2. The van der Waals surface area contributed by atoms with Crippen molar-refractivity contribution in [1.29, 1.82) is 0 Å². The smallest absolute Gasteiger partial charge is 0.160 e. The molecule has 0 unspecified atom stereocenters. The van der Waals surface area contributed by atoms with Gasteiger partial charge in [0.2, 0.25) is 0 Å². The fraction of sp³-hybridized carbons (Fsp3) is 0.583. The van der Waals surface area contributed by atoms with Crippen molar-refractivity contribution < 1.29 is 4.74 Å². The number of aromatic nitrogens is 5. The lowest BCUT2D eigenvalue weighted by atomic mass is 10.00. The van der Waals surface area contributed by atoms with E-state index in [2.05, 4.69) is 22.3 Å². The standard InChI is InChI=1S/C24H31N7O/c1-16-24(27-19-7-3-2-6-18(19)25-16)20-14-22-28-21(30-10-4-5-11-30)15-23(31(22)29-20)26-17-8-12-32-13-9-17/h14-15,17,26H,2-13H2,1H3. The predicted molar refractivity (Wildman–Crippen MR) is 124 cm³/mol. The first kappa shape index (κ1) is 19.9. The molecule has 8 nitrogen and oxygen atoms in total. The zero-order valence-corrected chi connectivity index (χ0v) is 18.8. The SMILES string of the molecule is Cc1nc2c(nc1-c1cc3nc(N4CCCC4)cc(NC4CCOCC4)n3n1)CCCC2. The van der Waals surface area contributed by atoms with Gasteiger partial charge in [-0.25, -0.2) is 9.97 Å². The minimum atomic E-state index is 0.388. The second-order valence-electron chi connectivity index (χ2n) is 9.28. The third kappa shape index (κ3) is 3.70. The maximum absolute atomic E-state index is 5.55. The zero-order valence-electron chi connectivity index (χ0n) is 18.8. The van der Waals surface area contributed by atoms with Crippen molar-refractivity contribution in [2.24, 2.45) is 0 Å². The summed E-state index contributed by atoms with van der Waals surface area (Å²) in [5.41, 5.74) is 5.85. The highest BCUT2D eigenvalue weighted by molar-refractivity contribution is 5.67. The van der Waals surface area contributed by atoms with Crippen molar-refractivity contribution in [1.82, 2.24) is 24.6 Å². The van der Waals surface area contributed by atoms with Gasteiger partial charge in [-0.15, -0.1) is 0 Å². The average Bonchev–Trinajstić information content (AvgIpc) is 3.49. The van der Waals surface area contributed by atoms with Crippen LogP contribution in [0.1, 0.15) is 55.6 Å². The molecule has 3 aromatic heterocycles. The maximum atomic E-state index is 5.55. The van der Waals surface area contributed by atoms with Gasteiger partial charge in [-0.1, -0.05) is 0 Å². The topological polar surface area (TPSA) is 80.5 Å². The Bertz CT molecular complexity index is 1130. The molecule has 0 radical (unpaired) electrons. The Morgan fingerprint density at radius 2 is 1.69 bits per heavy atom. The Labute approximate surface area is 188 Å². The van der Waals surface area contributed by atoms with E-state index in [1.807, 2.05) is 11.4 Å². The molecule has 2 aliphatic heterocycles. The Morgan fingerprint density at radius 3 is 2.47 bits per heavy atom. The quantitative estimate of drug-likeness (QED) is 0.674. The Kier molecular flexibility index (Phi) is 5.17. The number of nitrogens with one attached hydrogen (secondary N) is 1. The number of hydrogen-bond donors (Lipinski definition) is 1. The van der Waals surface area contributed by atoms with E-state index in [0.29, 0.717) is 6.04 Å². The second-order valence-corrected chi connectivity index (χ2v) is 9.28. The highest BCUT2D eigenvalue weighted by atomic mass is 16.5. The third-order valence-corrected chi connectivity index (χ3v) is 6.96. The molecule has 2 saturated heterocycles. The van der Waals surface area contributed by atoms with Crippen LogP contribution in [-0.4, -0.2) is 56.9 Å². The molecule has 5 heterocycles. The summed E-state index contributed by atoms with van der Waals surface area (Å²) in [5.74, 6) is 2.03. The molecule has 6 rings (SSSR count). The first-order valence-corrected chi connectivity index (χ1v) is 12.1. The van der Waals surface area contributed by atoms with Gasteiger partial charge in [0.25, 0.3) is 0 Å². The molecule has 3 aliphatic rings. The Balaban J connectivity index is 1.43. The zero-order chi connectivity index (χ0) is 21.5. The molecule has 0 bridgehead atoms. The summed E-state index contributed by atoms with van der Waals surface area (Å²) in [6.45, 7) is 5.79. The van der Waals surface area contributed by atoms with Crippen LogP contribution in [0.4, 0.5) is 11.6 Å². The van der Waals surface area contributed by atoms with Gasteiger partial charge in [-0.05, 0) is 58.3 Å². The van der Waals surface area contributed by atoms with Crippen molar-refractivity contribution in [3.63, 3.8) is 0 Å². The Morgan fingerprint density at radius 1 is 0.938 bits per heavy atom. The van der Waals surface area contributed by atoms with Gasteiger partial charge < -0.3 is 15.0 Å². The van der Waals surface area contributed by atoms with Gasteiger partial charge in [0, 0.05) is 44.5 Å². The molecule has 8 heteroatoms. The molecule has 0 spiro atoms. The first-order chi connectivity index (χ1) is 15.7. The molecule has 32 heavy (non-hydrogen) atoms. The van der Waals surface area contributed by atoms with Gasteiger partial charge >= 0.3 is 0 Å². The monoisotopic (exact) mass is 433 g/mol. The first-order valence-electron chi connectivity index (χ1n) is 12.1. The van der Waals surface area contributed by atoms with Crippen molar-refractivity contribution in [3.05, 3.63) is 29.2 Å². The van der Waals surface area contributed by atoms with Crippen LogP contribution in [0.2, 0.25) is 0 Å². The molecule has 168 valence electrons. The van der Waals surface area contributed by atoms with Crippen LogP contribution in [0.15, 0.2) is 12.1 Å². The number of nitrogens with zero attached hydrogens (tertiary/aromatic N) is 6. The molecule has 0 amide bonds. The molecule has 1 N–H and O–H groups in total. The fourth-order valence-electron chi connectivity index (χ4n) is 5.17. The molecule has 2 fully saturated rings. The largest absolute Gasteiger partial charge is 0.381 e. The average molecular weight is 434 g/mol. The molecule has 0 aromatic carbocycles. The molecule has 1 aliphatic carbocycles. The van der Waals surface area contributed by atoms with Crippen LogP contribution in [-0.2, 0) is 17.6 Å². The number of ether oxygens (including phenoxy) is 1. The minimum Gasteiger partial charge on any atom is -0.381 e. The summed E-state index contributed by atoms with van der Waals surface area (Å²) in [6.07, 6.45) is 8.91. The van der Waals surface area contributed by atoms with Gasteiger partial charge in [-0.2, -0.15) is 9.61 Å². The summed E-state index contributed by atoms with van der Waals surface area (Å²) in [4.78, 5) is 17.3. The summed E-state index contributed by atoms with van der Waals surface area (Å²) in [5, 5.41) is 8.70. The minimum absolute atomic E-state index is 0.388. The van der Waals surface area contributed by atoms with Crippen LogP contribution in [0.25, 0.3) is 17.0 Å². The number of aryl methyl sites for hydroxylation is 3. The molecule has 0 saturated carbocycles. The molecule has 3 aromatic rings. The lowest BCUT2D eigenvalue weighted by Gasteiger charge is -2.25. The van der Waals surface area contributed by atoms with E-state index in [4.69, 9.17) is 24.8 Å². The van der Waals surface area contributed by atoms with E-state index in [1.165, 1.54) is 25.7 Å². The summed E-state index contributed by atoms with van der Waals surface area (Å²) in [6, 6.07) is 4.62. The van der Waals surface area contributed by atoms with Crippen molar-refractivity contribution in [3.8, 4) is 11.4 Å². The van der Waals surface area contributed by atoms with Gasteiger partial charge in [-0.3, -0.25) is 4.98 Å². The second kappa shape index (κ2) is 8.31. The fourth-order valence-corrected chi connectivity index (χ4v) is 5.17. The molecule has 0 atom stereocenters. The van der Waals surface area contributed by atoms with Crippen LogP contribution in [0.3, 0.4) is 0 Å². The highest BCUT2D eigenvalue weighted by Crippen LogP contribution is 2.29. The third-order valence-electron chi connectivity index (χ3n) is 6.96. The van der Waals surface area contributed by atoms with Crippen molar-refractivity contribution >= 4 is 17.3 Å². The number of rotatable bonds is 4. The van der Waals surface area contributed by atoms with Crippen LogP contribution >= 0.6 is 0 Å². The maximum Gasteiger partial charge on any atom is 0.160 e. The van der Waals surface area contributed by atoms with E-state index < -0.39 is 0 Å². The van der Waals surface area contributed by atoms with Gasteiger partial charge in [0.1, 0.15) is 23.0 Å². The predicted octanol–water partition coefficient (Wildman–Crippen LogP) is 3.56. The molecular weight excluding hydrogens is 402 g/mol. The van der Waals surface area contributed by atoms with E-state index in [1.54, 1.807) is 0 Å².